The number of benzene rings is 1. The van der Waals surface area contributed by atoms with Crippen LogP contribution in [0.5, 0.6) is 0 Å². The van der Waals surface area contributed by atoms with Gasteiger partial charge in [0, 0.05) is 0 Å². The van der Waals surface area contributed by atoms with Crippen LogP contribution in [0.4, 0.5) is 0 Å². The van der Waals surface area contributed by atoms with Gasteiger partial charge in [-0.2, -0.15) is 0 Å². The quantitative estimate of drug-likeness (QED) is 0.920. The van der Waals surface area contributed by atoms with Crippen LogP contribution in [0, 0.1) is 0 Å². The van der Waals surface area contributed by atoms with Gasteiger partial charge in [-0.15, -0.1) is 0 Å². The highest BCUT2D eigenvalue weighted by molar-refractivity contribution is 7.92. The smallest absolute Gasteiger partial charge is 0.156 e. The molecule has 0 saturated carbocycles. The first-order valence-electron chi connectivity index (χ1n) is 6.53. The molecule has 0 amide bonds. The number of rotatable bonds is 4. The first-order valence-corrected chi connectivity index (χ1v) is 9.00. The van der Waals surface area contributed by atoms with E-state index in [2.05, 4.69) is 5.32 Å². The fourth-order valence-electron chi connectivity index (χ4n) is 2.23. The van der Waals surface area contributed by atoms with Gasteiger partial charge in [-0.25, -0.2) is 8.42 Å². The number of hydrogen-bond donors (Lipinski definition) is 1. The first kappa shape index (κ1) is 15.8. The molecule has 1 aliphatic heterocycles. The van der Waals surface area contributed by atoms with E-state index in [4.69, 9.17) is 23.2 Å². The summed E-state index contributed by atoms with van der Waals surface area (Å²) >= 11 is 11.7. The third-order valence-corrected chi connectivity index (χ3v) is 6.26. The lowest BCUT2D eigenvalue weighted by Crippen LogP contribution is -2.36. The lowest BCUT2D eigenvalue weighted by atomic mass is 10.2. The largest absolute Gasteiger partial charge is 0.317 e. The van der Waals surface area contributed by atoms with Crippen molar-refractivity contribution in [3.05, 3.63) is 39.9 Å². The fraction of sp³-hybridized carbons (Fsp3) is 0.429. The van der Waals surface area contributed by atoms with Gasteiger partial charge in [-0.05, 0) is 43.6 Å². The summed E-state index contributed by atoms with van der Waals surface area (Å²) in [5.41, 5.74) is 0.847. The van der Waals surface area contributed by atoms with E-state index in [0.29, 0.717) is 22.9 Å². The van der Waals surface area contributed by atoms with Gasteiger partial charge in [0.15, 0.2) is 9.84 Å². The van der Waals surface area contributed by atoms with Crippen molar-refractivity contribution in [3.8, 4) is 0 Å². The Labute approximate surface area is 129 Å². The van der Waals surface area contributed by atoms with Crippen molar-refractivity contribution in [3.63, 3.8) is 0 Å². The van der Waals surface area contributed by atoms with Gasteiger partial charge < -0.3 is 5.32 Å². The van der Waals surface area contributed by atoms with E-state index in [-0.39, 0.29) is 11.0 Å². The van der Waals surface area contributed by atoms with Crippen molar-refractivity contribution < 1.29 is 8.42 Å². The molecule has 1 heterocycles. The summed E-state index contributed by atoms with van der Waals surface area (Å²) in [4.78, 5) is 0. The number of piperidine rings is 1. The molecule has 1 aliphatic rings. The molecular formula is C14H17Cl2NO2S. The zero-order valence-electron chi connectivity index (χ0n) is 11.0. The molecule has 1 fully saturated rings. The molecule has 1 aromatic carbocycles. The Kier molecular flexibility index (Phi) is 5.49. The lowest BCUT2D eigenvalue weighted by molar-refractivity contribution is 0.498. The maximum atomic E-state index is 12.2. The standard InChI is InChI=1S/C14H17Cl2NO2S/c15-13-4-3-11(10-14(13)16)2-1-9-20(18,19)12-5-7-17-8-6-12/h1-4,10,12,17H,5-9H2. The summed E-state index contributed by atoms with van der Waals surface area (Å²) in [7, 11) is -3.06. The second-order valence-corrected chi connectivity index (χ2v) is 7.99. The van der Waals surface area contributed by atoms with E-state index >= 15 is 0 Å². The highest BCUT2D eigenvalue weighted by Gasteiger charge is 2.25. The third-order valence-electron chi connectivity index (χ3n) is 3.38. The molecule has 0 atom stereocenters. The van der Waals surface area contributed by atoms with Gasteiger partial charge in [0.25, 0.3) is 0 Å². The van der Waals surface area contributed by atoms with E-state index in [1.165, 1.54) is 0 Å². The van der Waals surface area contributed by atoms with Crippen molar-refractivity contribution in [1.82, 2.24) is 5.32 Å². The van der Waals surface area contributed by atoms with Gasteiger partial charge in [0.1, 0.15) is 0 Å². The SMILES string of the molecule is O=S(=O)(CC=Cc1ccc(Cl)c(Cl)c1)C1CCNCC1. The summed E-state index contributed by atoms with van der Waals surface area (Å²) in [6.45, 7) is 1.56. The summed E-state index contributed by atoms with van der Waals surface area (Å²) < 4.78 is 24.3. The van der Waals surface area contributed by atoms with Crippen LogP contribution in [0.2, 0.25) is 10.0 Å². The first-order chi connectivity index (χ1) is 9.49. The Hall–Kier alpha value is -0.550. The van der Waals surface area contributed by atoms with Crippen molar-refractivity contribution in [2.75, 3.05) is 18.8 Å². The predicted octanol–water partition coefficient (Wildman–Crippen LogP) is 3.17. The van der Waals surface area contributed by atoms with Crippen LogP contribution in [0.25, 0.3) is 6.08 Å². The van der Waals surface area contributed by atoms with Crippen LogP contribution in [0.1, 0.15) is 18.4 Å². The minimum Gasteiger partial charge on any atom is -0.317 e. The zero-order chi connectivity index (χ0) is 14.6. The van der Waals surface area contributed by atoms with Gasteiger partial charge in [0.05, 0.1) is 21.0 Å². The molecule has 0 spiro atoms. The minimum absolute atomic E-state index is 0.0674. The second-order valence-electron chi connectivity index (χ2n) is 4.85. The molecule has 6 heteroatoms. The molecule has 110 valence electrons. The van der Waals surface area contributed by atoms with Crippen molar-refractivity contribution >= 4 is 39.1 Å². The molecule has 20 heavy (non-hydrogen) atoms. The van der Waals surface area contributed by atoms with E-state index in [1.54, 1.807) is 24.3 Å². The van der Waals surface area contributed by atoms with Gasteiger partial charge in [0.2, 0.25) is 0 Å². The monoisotopic (exact) mass is 333 g/mol. The van der Waals surface area contributed by atoms with E-state index < -0.39 is 9.84 Å². The second kappa shape index (κ2) is 6.94. The molecule has 0 aliphatic carbocycles. The van der Waals surface area contributed by atoms with Gasteiger partial charge in [-0.1, -0.05) is 41.4 Å². The number of halogens is 2. The average Bonchev–Trinajstić information content (AvgIpc) is 2.44. The highest BCUT2D eigenvalue weighted by atomic mass is 35.5. The minimum atomic E-state index is -3.06. The molecule has 0 radical (unpaired) electrons. The molecule has 2 rings (SSSR count). The molecule has 3 nitrogen and oxygen atoms in total. The van der Waals surface area contributed by atoms with Crippen LogP contribution >= 0.6 is 23.2 Å². The summed E-state index contributed by atoms with van der Waals surface area (Å²) in [6.07, 6.45) is 4.84. The number of nitrogens with one attached hydrogen (secondary N) is 1. The van der Waals surface area contributed by atoms with Crippen molar-refractivity contribution in [2.24, 2.45) is 0 Å². The highest BCUT2D eigenvalue weighted by Crippen LogP contribution is 2.23. The zero-order valence-corrected chi connectivity index (χ0v) is 13.3. The molecule has 1 aromatic rings. The van der Waals surface area contributed by atoms with Crippen molar-refractivity contribution in [1.29, 1.82) is 0 Å². The van der Waals surface area contributed by atoms with Gasteiger partial charge in [-0.3, -0.25) is 0 Å². The summed E-state index contributed by atoms with van der Waals surface area (Å²) in [5, 5.41) is 3.91. The van der Waals surface area contributed by atoms with Crippen molar-refractivity contribution in [2.45, 2.75) is 18.1 Å². The summed E-state index contributed by atoms with van der Waals surface area (Å²) in [5.74, 6) is 0.0674. The molecule has 0 unspecified atom stereocenters. The Morgan fingerprint density at radius 2 is 1.90 bits per heavy atom. The summed E-state index contributed by atoms with van der Waals surface area (Å²) in [6, 6.07) is 5.23. The van der Waals surface area contributed by atoms with Crippen LogP contribution in [0.15, 0.2) is 24.3 Å². The molecule has 0 bridgehead atoms. The van der Waals surface area contributed by atoms with Crippen LogP contribution in [0.3, 0.4) is 0 Å². The maximum Gasteiger partial charge on any atom is 0.156 e. The number of hydrogen-bond acceptors (Lipinski definition) is 3. The Morgan fingerprint density at radius 1 is 1.20 bits per heavy atom. The number of sulfone groups is 1. The van der Waals surface area contributed by atoms with Crippen LogP contribution in [-0.4, -0.2) is 32.5 Å². The third kappa shape index (κ3) is 4.22. The van der Waals surface area contributed by atoms with Crippen LogP contribution < -0.4 is 5.32 Å². The molecule has 1 N–H and O–H groups in total. The van der Waals surface area contributed by atoms with Crippen LogP contribution in [-0.2, 0) is 9.84 Å². The molecule has 0 aromatic heterocycles. The van der Waals surface area contributed by atoms with Gasteiger partial charge >= 0.3 is 0 Å². The Balaban J connectivity index is 1.99. The normalized spacial score (nSPS) is 17.7. The lowest BCUT2D eigenvalue weighted by Gasteiger charge is -2.21. The van der Waals surface area contributed by atoms with E-state index in [9.17, 15) is 8.42 Å². The molecular weight excluding hydrogens is 317 g/mol. The van der Waals surface area contributed by atoms with E-state index in [0.717, 1.165) is 18.7 Å². The maximum absolute atomic E-state index is 12.2. The Bertz CT molecular complexity index is 593. The fourth-order valence-corrected chi connectivity index (χ4v) is 4.12. The topological polar surface area (TPSA) is 46.2 Å². The Morgan fingerprint density at radius 3 is 2.55 bits per heavy atom. The average molecular weight is 334 g/mol. The molecule has 1 saturated heterocycles. The van der Waals surface area contributed by atoms with E-state index in [1.807, 2.05) is 6.07 Å². The predicted molar refractivity (Wildman–Crippen MR) is 85.2 cm³/mol.